The van der Waals surface area contributed by atoms with Gasteiger partial charge in [-0.15, -0.1) is 0 Å². The largest absolute Gasteiger partial charge is 0.399 e. The van der Waals surface area contributed by atoms with Crippen molar-refractivity contribution in [2.75, 3.05) is 33.2 Å². The molecule has 1 aliphatic heterocycles. The molecule has 0 aromatic heterocycles. The maximum atomic E-state index is 5.51. The molecular weight excluding hydrogens is 186 g/mol. The molecule has 2 N–H and O–H groups in total. The Kier molecular flexibility index (Phi) is 4.43. The van der Waals surface area contributed by atoms with Crippen molar-refractivity contribution in [1.82, 2.24) is 9.80 Å². The van der Waals surface area contributed by atoms with E-state index in [1.54, 1.807) is 0 Å². The number of piperazine rings is 1. The van der Waals surface area contributed by atoms with Gasteiger partial charge < -0.3 is 15.5 Å². The summed E-state index contributed by atoms with van der Waals surface area (Å²) in [4.78, 5) is 4.72. The molecule has 0 radical (unpaired) electrons. The molecule has 1 fully saturated rings. The summed E-state index contributed by atoms with van der Waals surface area (Å²) in [5.74, 6) is 0. The Balaban J connectivity index is 2.56. The Labute approximate surface area is 92.5 Å². The van der Waals surface area contributed by atoms with Crippen molar-refractivity contribution in [3.05, 3.63) is 36.2 Å². The molecule has 84 valence electrons. The van der Waals surface area contributed by atoms with Gasteiger partial charge in [0, 0.05) is 37.6 Å². The molecule has 0 aromatic rings. The lowest BCUT2D eigenvalue weighted by Crippen LogP contribution is -2.43. The second-order valence-corrected chi connectivity index (χ2v) is 3.91. The van der Waals surface area contributed by atoms with Gasteiger partial charge in [-0.1, -0.05) is 12.7 Å². The van der Waals surface area contributed by atoms with Crippen LogP contribution in [-0.4, -0.2) is 43.0 Å². The van der Waals surface area contributed by atoms with Crippen molar-refractivity contribution >= 4 is 0 Å². The Morgan fingerprint density at radius 2 is 1.80 bits per heavy atom. The van der Waals surface area contributed by atoms with Crippen molar-refractivity contribution in [1.29, 1.82) is 0 Å². The standard InChI is InChI=1S/C12H21N3/c1-4-12(6-5-11(2)13)15-9-7-14(3)8-10-15/h4-6H,2,7-10,13H2,1,3H3/b6-5-,12-4+. The second kappa shape index (κ2) is 5.61. The predicted molar refractivity (Wildman–Crippen MR) is 65.3 cm³/mol. The average molecular weight is 207 g/mol. The minimum Gasteiger partial charge on any atom is -0.399 e. The van der Waals surface area contributed by atoms with E-state index in [1.165, 1.54) is 5.70 Å². The number of rotatable bonds is 3. The summed E-state index contributed by atoms with van der Waals surface area (Å²) in [6, 6.07) is 0. The average Bonchev–Trinajstić information content (AvgIpc) is 2.21. The second-order valence-electron chi connectivity index (χ2n) is 3.91. The highest BCUT2D eigenvalue weighted by Gasteiger charge is 2.13. The maximum absolute atomic E-state index is 5.51. The minimum atomic E-state index is 0.600. The summed E-state index contributed by atoms with van der Waals surface area (Å²) < 4.78 is 0. The van der Waals surface area contributed by atoms with Crippen LogP contribution in [0.25, 0.3) is 0 Å². The molecule has 0 bridgehead atoms. The first-order valence-electron chi connectivity index (χ1n) is 5.35. The van der Waals surface area contributed by atoms with Crippen LogP contribution in [0.15, 0.2) is 36.2 Å². The topological polar surface area (TPSA) is 32.5 Å². The highest BCUT2D eigenvalue weighted by Crippen LogP contribution is 2.10. The van der Waals surface area contributed by atoms with Crippen molar-refractivity contribution < 1.29 is 0 Å². The molecule has 0 atom stereocenters. The van der Waals surface area contributed by atoms with Gasteiger partial charge in [-0.2, -0.15) is 0 Å². The first-order chi connectivity index (χ1) is 7.13. The van der Waals surface area contributed by atoms with E-state index in [0.29, 0.717) is 5.70 Å². The number of nitrogens with zero attached hydrogens (tertiary/aromatic N) is 2. The number of hydrogen-bond donors (Lipinski definition) is 1. The number of nitrogens with two attached hydrogens (primary N) is 1. The van der Waals surface area contributed by atoms with Gasteiger partial charge in [0.15, 0.2) is 0 Å². The fourth-order valence-electron chi connectivity index (χ4n) is 1.64. The molecule has 1 aliphatic rings. The van der Waals surface area contributed by atoms with Gasteiger partial charge in [-0.25, -0.2) is 0 Å². The third-order valence-electron chi connectivity index (χ3n) is 2.63. The van der Waals surface area contributed by atoms with Crippen molar-refractivity contribution in [2.45, 2.75) is 6.92 Å². The highest BCUT2D eigenvalue weighted by atomic mass is 15.2. The van der Waals surface area contributed by atoms with Gasteiger partial charge in [0.1, 0.15) is 0 Å². The van der Waals surface area contributed by atoms with Gasteiger partial charge in [-0.3, -0.25) is 0 Å². The fourth-order valence-corrected chi connectivity index (χ4v) is 1.64. The smallest absolute Gasteiger partial charge is 0.0324 e. The Morgan fingerprint density at radius 1 is 1.20 bits per heavy atom. The Bertz CT molecular complexity index is 271. The van der Waals surface area contributed by atoms with Gasteiger partial charge in [-0.05, 0) is 26.1 Å². The van der Waals surface area contributed by atoms with E-state index in [4.69, 9.17) is 5.73 Å². The normalized spacial score (nSPS) is 19.9. The minimum absolute atomic E-state index is 0.600. The van der Waals surface area contributed by atoms with Crippen LogP contribution < -0.4 is 5.73 Å². The van der Waals surface area contributed by atoms with Crippen molar-refractivity contribution in [3.63, 3.8) is 0 Å². The predicted octanol–water partition coefficient (Wildman–Crippen LogP) is 1.17. The molecule has 0 saturated carbocycles. The summed E-state index contributed by atoms with van der Waals surface area (Å²) in [6.45, 7) is 10.1. The van der Waals surface area contributed by atoms with E-state index in [9.17, 15) is 0 Å². The third-order valence-corrected chi connectivity index (χ3v) is 2.63. The Hall–Kier alpha value is -1.22. The van der Waals surface area contributed by atoms with E-state index in [2.05, 4.69) is 36.4 Å². The SMILES string of the molecule is C=C(N)/C=C\C(=C/C)N1CCN(C)CC1. The van der Waals surface area contributed by atoms with E-state index >= 15 is 0 Å². The first-order valence-corrected chi connectivity index (χ1v) is 5.35. The molecule has 0 aromatic carbocycles. The zero-order valence-electron chi connectivity index (χ0n) is 9.74. The molecule has 0 unspecified atom stereocenters. The van der Waals surface area contributed by atoms with Gasteiger partial charge in [0.25, 0.3) is 0 Å². The molecule has 1 heterocycles. The van der Waals surface area contributed by atoms with E-state index in [0.717, 1.165) is 26.2 Å². The van der Waals surface area contributed by atoms with Crippen LogP contribution >= 0.6 is 0 Å². The quantitative estimate of drug-likeness (QED) is 0.705. The lowest BCUT2D eigenvalue weighted by Gasteiger charge is -2.34. The molecule has 0 aliphatic carbocycles. The first kappa shape index (κ1) is 11.9. The zero-order valence-corrected chi connectivity index (χ0v) is 9.74. The molecule has 0 spiro atoms. The fraction of sp³-hybridized carbons (Fsp3) is 0.500. The van der Waals surface area contributed by atoms with Crippen LogP contribution in [0.4, 0.5) is 0 Å². The molecule has 3 heteroatoms. The molecule has 0 amide bonds. The van der Waals surface area contributed by atoms with Crippen LogP contribution in [0.1, 0.15) is 6.92 Å². The molecular formula is C12H21N3. The molecule has 3 nitrogen and oxygen atoms in total. The maximum Gasteiger partial charge on any atom is 0.0324 e. The molecule has 1 rings (SSSR count). The summed E-state index contributed by atoms with van der Waals surface area (Å²) in [5, 5.41) is 0. The Morgan fingerprint density at radius 3 is 2.27 bits per heavy atom. The molecule has 1 saturated heterocycles. The summed E-state index contributed by atoms with van der Waals surface area (Å²) in [7, 11) is 2.16. The van der Waals surface area contributed by atoms with Crippen LogP contribution in [0.5, 0.6) is 0 Å². The summed E-state index contributed by atoms with van der Waals surface area (Å²) in [5.41, 5.74) is 7.34. The van der Waals surface area contributed by atoms with Gasteiger partial charge in [0.2, 0.25) is 0 Å². The summed E-state index contributed by atoms with van der Waals surface area (Å²) >= 11 is 0. The number of hydrogen-bond acceptors (Lipinski definition) is 3. The highest BCUT2D eigenvalue weighted by molar-refractivity contribution is 5.24. The van der Waals surface area contributed by atoms with Crippen LogP contribution in [0, 0.1) is 0 Å². The lowest BCUT2D eigenvalue weighted by molar-refractivity contribution is 0.190. The van der Waals surface area contributed by atoms with Gasteiger partial charge in [0.05, 0.1) is 0 Å². The van der Waals surface area contributed by atoms with Crippen LogP contribution in [-0.2, 0) is 0 Å². The third kappa shape index (κ3) is 3.80. The zero-order chi connectivity index (χ0) is 11.3. The number of likely N-dealkylation sites (N-methyl/N-ethyl adjacent to an activating group) is 1. The van der Waals surface area contributed by atoms with Crippen LogP contribution in [0.3, 0.4) is 0 Å². The van der Waals surface area contributed by atoms with E-state index in [-0.39, 0.29) is 0 Å². The van der Waals surface area contributed by atoms with Gasteiger partial charge >= 0.3 is 0 Å². The lowest BCUT2D eigenvalue weighted by atomic mass is 10.2. The summed E-state index contributed by atoms with van der Waals surface area (Å²) in [6.07, 6.45) is 6.01. The van der Waals surface area contributed by atoms with E-state index < -0.39 is 0 Å². The number of allylic oxidation sites excluding steroid dienone is 3. The van der Waals surface area contributed by atoms with Crippen LogP contribution in [0.2, 0.25) is 0 Å². The molecule has 15 heavy (non-hydrogen) atoms. The van der Waals surface area contributed by atoms with Crippen molar-refractivity contribution in [2.24, 2.45) is 5.73 Å². The monoisotopic (exact) mass is 207 g/mol. The van der Waals surface area contributed by atoms with E-state index in [1.807, 2.05) is 12.2 Å². The van der Waals surface area contributed by atoms with Crippen molar-refractivity contribution in [3.8, 4) is 0 Å².